The fourth-order valence-corrected chi connectivity index (χ4v) is 2.51. The second kappa shape index (κ2) is 4.58. The van der Waals surface area contributed by atoms with Crippen LogP contribution in [0.4, 0.5) is 0 Å². The SMILES string of the molecule is C1=Cc2c(cccc2Cc2ccccc2)CC1. The maximum absolute atomic E-state index is 2.29. The molecule has 2 aromatic carbocycles. The molecule has 0 heteroatoms. The topological polar surface area (TPSA) is 0 Å². The molecule has 0 radical (unpaired) electrons. The summed E-state index contributed by atoms with van der Waals surface area (Å²) in [6.07, 6.45) is 7.98. The first-order valence-electron chi connectivity index (χ1n) is 6.25. The maximum atomic E-state index is 2.29. The molecule has 1 aliphatic rings. The molecule has 0 N–H and O–H groups in total. The van der Waals surface area contributed by atoms with Gasteiger partial charge in [-0.3, -0.25) is 0 Å². The van der Waals surface area contributed by atoms with E-state index in [-0.39, 0.29) is 0 Å². The Morgan fingerprint density at radius 2 is 1.76 bits per heavy atom. The molecule has 0 bridgehead atoms. The van der Waals surface area contributed by atoms with Gasteiger partial charge in [0.25, 0.3) is 0 Å². The van der Waals surface area contributed by atoms with Gasteiger partial charge in [0.2, 0.25) is 0 Å². The third kappa shape index (κ3) is 2.16. The van der Waals surface area contributed by atoms with Crippen molar-refractivity contribution in [2.45, 2.75) is 19.3 Å². The molecule has 0 saturated heterocycles. The zero-order chi connectivity index (χ0) is 11.5. The molecule has 0 heterocycles. The summed E-state index contributed by atoms with van der Waals surface area (Å²) in [7, 11) is 0. The standard InChI is InChI=1S/C17H16/c1-2-7-14(8-3-1)13-16-11-6-10-15-9-4-5-12-17(15)16/h1-3,5-8,10-12H,4,9,13H2. The van der Waals surface area contributed by atoms with E-state index in [9.17, 15) is 0 Å². The van der Waals surface area contributed by atoms with Crippen LogP contribution in [0.2, 0.25) is 0 Å². The molecule has 0 aliphatic heterocycles. The van der Waals surface area contributed by atoms with Crippen LogP contribution in [0.3, 0.4) is 0 Å². The van der Waals surface area contributed by atoms with Crippen LogP contribution in [0.15, 0.2) is 54.6 Å². The average molecular weight is 220 g/mol. The van der Waals surface area contributed by atoms with Gasteiger partial charge in [-0.1, -0.05) is 60.7 Å². The fraction of sp³-hybridized carbons (Fsp3) is 0.176. The number of fused-ring (bicyclic) bond motifs is 1. The Balaban J connectivity index is 1.97. The van der Waals surface area contributed by atoms with E-state index >= 15 is 0 Å². The molecule has 0 amide bonds. The van der Waals surface area contributed by atoms with Gasteiger partial charge in [0.15, 0.2) is 0 Å². The summed E-state index contributed by atoms with van der Waals surface area (Å²) in [5, 5.41) is 0. The minimum absolute atomic E-state index is 1.04. The Bertz CT molecular complexity index is 535. The van der Waals surface area contributed by atoms with Crippen LogP contribution in [-0.4, -0.2) is 0 Å². The minimum Gasteiger partial charge on any atom is -0.0836 e. The lowest BCUT2D eigenvalue weighted by molar-refractivity contribution is 0.975. The third-order valence-corrected chi connectivity index (χ3v) is 3.39. The molecular weight excluding hydrogens is 204 g/mol. The summed E-state index contributed by atoms with van der Waals surface area (Å²) < 4.78 is 0. The van der Waals surface area contributed by atoms with Crippen molar-refractivity contribution in [3.8, 4) is 0 Å². The van der Waals surface area contributed by atoms with E-state index in [4.69, 9.17) is 0 Å². The Hall–Kier alpha value is -1.82. The lowest BCUT2D eigenvalue weighted by atomic mass is 9.90. The Labute approximate surface area is 103 Å². The molecule has 17 heavy (non-hydrogen) atoms. The lowest BCUT2D eigenvalue weighted by Gasteiger charge is -2.14. The quantitative estimate of drug-likeness (QED) is 0.710. The Kier molecular flexibility index (Phi) is 2.79. The number of aryl methyl sites for hydroxylation is 1. The Morgan fingerprint density at radius 3 is 2.65 bits per heavy atom. The van der Waals surface area contributed by atoms with Gasteiger partial charge in [-0.15, -0.1) is 0 Å². The number of allylic oxidation sites excluding steroid dienone is 1. The summed E-state index contributed by atoms with van der Waals surface area (Å²) in [5.74, 6) is 0. The van der Waals surface area contributed by atoms with E-state index < -0.39 is 0 Å². The van der Waals surface area contributed by atoms with Crippen molar-refractivity contribution in [3.05, 3.63) is 76.9 Å². The van der Waals surface area contributed by atoms with E-state index in [1.165, 1.54) is 35.1 Å². The van der Waals surface area contributed by atoms with E-state index in [2.05, 4.69) is 60.7 Å². The van der Waals surface area contributed by atoms with Gasteiger partial charge in [-0.05, 0) is 41.5 Å². The van der Waals surface area contributed by atoms with Gasteiger partial charge in [0.1, 0.15) is 0 Å². The first-order valence-corrected chi connectivity index (χ1v) is 6.25. The molecule has 1 aliphatic carbocycles. The number of benzene rings is 2. The molecule has 0 atom stereocenters. The molecule has 2 aromatic rings. The highest BCUT2D eigenvalue weighted by Crippen LogP contribution is 2.24. The van der Waals surface area contributed by atoms with Crippen LogP contribution < -0.4 is 0 Å². The predicted molar refractivity (Wildman–Crippen MR) is 73.0 cm³/mol. The van der Waals surface area contributed by atoms with Crippen molar-refractivity contribution >= 4 is 6.08 Å². The van der Waals surface area contributed by atoms with Crippen molar-refractivity contribution in [2.75, 3.05) is 0 Å². The zero-order valence-electron chi connectivity index (χ0n) is 9.89. The molecule has 0 aromatic heterocycles. The van der Waals surface area contributed by atoms with Gasteiger partial charge in [0, 0.05) is 0 Å². The fourth-order valence-electron chi connectivity index (χ4n) is 2.51. The maximum Gasteiger partial charge on any atom is -0.00197 e. The van der Waals surface area contributed by atoms with Crippen LogP contribution >= 0.6 is 0 Å². The van der Waals surface area contributed by atoms with Crippen molar-refractivity contribution in [3.63, 3.8) is 0 Å². The number of hydrogen-bond acceptors (Lipinski definition) is 0. The van der Waals surface area contributed by atoms with Crippen LogP contribution in [0.1, 0.15) is 28.7 Å². The van der Waals surface area contributed by atoms with Gasteiger partial charge in [0.05, 0.1) is 0 Å². The molecular formula is C17H16. The molecule has 0 fully saturated rings. The molecule has 0 saturated carbocycles. The lowest BCUT2D eigenvalue weighted by Crippen LogP contribution is -1.99. The molecule has 84 valence electrons. The molecule has 3 rings (SSSR count). The van der Waals surface area contributed by atoms with Crippen molar-refractivity contribution < 1.29 is 0 Å². The first kappa shape index (κ1) is 10.3. The smallest absolute Gasteiger partial charge is 0.00197 e. The first-order chi connectivity index (χ1) is 8.43. The van der Waals surface area contributed by atoms with Gasteiger partial charge in [-0.2, -0.15) is 0 Å². The molecule has 0 unspecified atom stereocenters. The largest absolute Gasteiger partial charge is 0.0836 e. The number of hydrogen-bond donors (Lipinski definition) is 0. The average Bonchev–Trinajstić information content (AvgIpc) is 2.40. The molecule has 0 nitrogen and oxygen atoms in total. The summed E-state index contributed by atoms with van der Waals surface area (Å²) in [4.78, 5) is 0. The van der Waals surface area contributed by atoms with Crippen molar-refractivity contribution in [2.24, 2.45) is 0 Å². The second-order valence-corrected chi connectivity index (χ2v) is 4.59. The summed E-state index contributed by atoms with van der Waals surface area (Å²) in [6.45, 7) is 0. The van der Waals surface area contributed by atoms with Gasteiger partial charge in [-0.25, -0.2) is 0 Å². The van der Waals surface area contributed by atoms with E-state index in [0.717, 1.165) is 6.42 Å². The third-order valence-electron chi connectivity index (χ3n) is 3.39. The summed E-state index contributed by atoms with van der Waals surface area (Å²) in [5.41, 5.74) is 5.79. The van der Waals surface area contributed by atoms with Crippen molar-refractivity contribution in [1.29, 1.82) is 0 Å². The summed E-state index contributed by atoms with van der Waals surface area (Å²) in [6, 6.07) is 17.4. The zero-order valence-corrected chi connectivity index (χ0v) is 9.89. The normalized spacial score (nSPS) is 13.4. The van der Waals surface area contributed by atoms with E-state index in [1.54, 1.807) is 0 Å². The van der Waals surface area contributed by atoms with Gasteiger partial charge >= 0.3 is 0 Å². The minimum atomic E-state index is 1.04. The van der Waals surface area contributed by atoms with Crippen LogP contribution in [0.25, 0.3) is 6.08 Å². The molecule has 0 spiro atoms. The predicted octanol–water partition coefficient (Wildman–Crippen LogP) is 4.24. The van der Waals surface area contributed by atoms with E-state index in [0.29, 0.717) is 0 Å². The van der Waals surface area contributed by atoms with Crippen molar-refractivity contribution in [1.82, 2.24) is 0 Å². The monoisotopic (exact) mass is 220 g/mol. The summed E-state index contributed by atoms with van der Waals surface area (Å²) >= 11 is 0. The second-order valence-electron chi connectivity index (χ2n) is 4.59. The Morgan fingerprint density at radius 1 is 0.882 bits per heavy atom. The highest BCUT2D eigenvalue weighted by Gasteiger charge is 2.08. The van der Waals surface area contributed by atoms with Crippen LogP contribution in [0.5, 0.6) is 0 Å². The van der Waals surface area contributed by atoms with E-state index in [1.807, 2.05) is 0 Å². The highest BCUT2D eigenvalue weighted by atomic mass is 14.1. The van der Waals surface area contributed by atoms with Crippen LogP contribution in [-0.2, 0) is 12.8 Å². The number of rotatable bonds is 2. The van der Waals surface area contributed by atoms with Crippen LogP contribution in [0, 0.1) is 0 Å². The van der Waals surface area contributed by atoms with Gasteiger partial charge < -0.3 is 0 Å². The highest BCUT2D eigenvalue weighted by molar-refractivity contribution is 5.60.